The van der Waals surface area contributed by atoms with Gasteiger partial charge in [0.25, 0.3) is 15.9 Å². The van der Waals surface area contributed by atoms with E-state index in [1.807, 2.05) is 0 Å². The smallest absolute Gasteiger partial charge is 0.263 e. The minimum absolute atomic E-state index is 0.0330. The van der Waals surface area contributed by atoms with Crippen LogP contribution in [0, 0.1) is 0 Å². The highest BCUT2D eigenvalue weighted by Crippen LogP contribution is 2.36. The zero-order valence-electron chi connectivity index (χ0n) is 11.0. The molecule has 0 bridgehead atoms. The number of hydrogen-bond acceptors (Lipinski definition) is 5. The summed E-state index contributed by atoms with van der Waals surface area (Å²) >= 11 is 5.64. The molecule has 2 N–H and O–H groups in total. The quantitative estimate of drug-likeness (QED) is 0.832. The molecule has 1 aromatic carbocycles. The number of aromatic nitrogens is 1. The maximum Gasteiger partial charge on any atom is 0.263 e. The second-order valence-corrected chi connectivity index (χ2v) is 6.51. The largest absolute Gasteiger partial charge is 0.479 e. The summed E-state index contributed by atoms with van der Waals surface area (Å²) in [6.07, 6.45) is 1.16. The van der Waals surface area contributed by atoms with Crippen LogP contribution in [-0.2, 0) is 14.8 Å². The fraction of sp³-hybridized carbons (Fsp3) is 0.0769. The Hall–Kier alpha value is -2.32. The van der Waals surface area contributed by atoms with E-state index in [9.17, 15) is 13.2 Å². The van der Waals surface area contributed by atoms with Gasteiger partial charge in [-0.1, -0.05) is 17.7 Å². The summed E-state index contributed by atoms with van der Waals surface area (Å²) in [5.41, 5.74) is 0.637. The highest BCUT2D eigenvalue weighted by molar-refractivity contribution is 7.92. The first-order chi connectivity index (χ1) is 10.5. The fourth-order valence-corrected chi connectivity index (χ4v) is 3.04. The number of benzene rings is 1. The summed E-state index contributed by atoms with van der Waals surface area (Å²) in [5.74, 6) is -0.0259. The van der Waals surface area contributed by atoms with Crippen molar-refractivity contribution in [3.05, 3.63) is 41.7 Å². The first-order valence-electron chi connectivity index (χ1n) is 6.16. The Morgan fingerprint density at radius 3 is 2.82 bits per heavy atom. The van der Waals surface area contributed by atoms with Crippen LogP contribution in [0.15, 0.2) is 41.4 Å². The molecule has 0 radical (unpaired) electrons. The van der Waals surface area contributed by atoms with Gasteiger partial charge in [-0.25, -0.2) is 13.4 Å². The van der Waals surface area contributed by atoms with Crippen molar-refractivity contribution in [3.8, 4) is 5.75 Å². The van der Waals surface area contributed by atoms with Crippen LogP contribution in [0.1, 0.15) is 0 Å². The average molecular weight is 340 g/mol. The molecule has 9 heteroatoms. The molecule has 0 spiro atoms. The van der Waals surface area contributed by atoms with E-state index in [4.69, 9.17) is 16.3 Å². The lowest BCUT2D eigenvalue weighted by Crippen LogP contribution is -2.26. The molecule has 0 atom stereocenters. The molecule has 114 valence electrons. The van der Waals surface area contributed by atoms with Gasteiger partial charge in [0.05, 0.1) is 11.4 Å². The monoisotopic (exact) mass is 339 g/mol. The van der Waals surface area contributed by atoms with Gasteiger partial charge in [-0.2, -0.15) is 0 Å². The van der Waals surface area contributed by atoms with Crippen molar-refractivity contribution in [2.24, 2.45) is 0 Å². The summed E-state index contributed by atoms with van der Waals surface area (Å²) in [7, 11) is -3.84. The predicted molar refractivity (Wildman–Crippen MR) is 80.6 cm³/mol. The van der Waals surface area contributed by atoms with Crippen LogP contribution in [0.2, 0.25) is 5.15 Å². The Balaban J connectivity index is 1.95. The van der Waals surface area contributed by atoms with E-state index in [0.717, 1.165) is 6.20 Å². The third kappa shape index (κ3) is 2.83. The Morgan fingerprint density at radius 1 is 1.27 bits per heavy atom. The number of nitrogens with one attached hydrogen (secondary N) is 2. The first kappa shape index (κ1) is 14.6. The van der Waals surface area contributed by atoms with Crippen LogP contribution in [0.3, 0.4) is 0 Å². The van der Waals surface area contributed by atoms with E-state index < -0.39 is 10.0 Å². The van der Waals surface area contributed by atoms with E-state index >= 15 is 0 Å². The van der Waals surface area contributed by atoms with Gasteiger partial charge in [-0.3, -0.25) is 9.52 Å². The highest BCUT2D eigenvalue weighted by atomic mass is 35.5. The molecule has 0 unspecified atom stereocenters. The maximum absolute atomic E-state index is 12.3. The Kier molecular flexibility index (Phi) is 3.63. The zero-order valence-corrected chi connectivity index (χ0v) is 12.6. The van der Waals surface area contributed by atoms with Crippen LogP contribution in [-0.4, -0.2) is 25.9 Å². The SMILES string of the molecule is O=C1COc2c(cccc2NS(=O)(=O)c2ccc(Cl)nc2)N1. The number of sulfonamides is 1. The number of anilines is 2. The Bertz CT molecular complexity index is 837. The Labute approximate surface area is 131 Å². The van der Waals surface area contributed by atoms with E-state index in [2.05, 4.69) is 15.0 Å². The number of para-hydroxylation sites is 1. The van der Waals surface area contributed by atoms with Crippen LogP contribution in [0.4, 0.5) is 11.4 Å². The van der Waals surface area contributed by atoms with Gasteiger partial charge in [0.15, 0.2) is 12.4 Å². The number of carbonyl (C=O) groups excluding carboxylic acids is 1. The molecule has 22 heavy (non-hydrogen) atoms. The Morgan fingerprint density at radius 2 is 2.09 bits per heavy atom. The summed E-state index contributed by atoms with van der Waals surface area (Å²) < 4.78 is 32.4. The molecule has 0 aliphatic carbocycles. The first-order valence-corrected chi connectivity index (χ1v) is 8.02. The predicted octanol–water partition coefficient (Wildman–Crippen LogP) is 1.87. The highest BCUT2D eigenvalue weighted by Gasteiger charge is 2.22. The molecule has 1 aliphatic heterocycles. The molecule has 3 rings (SSSR count). The number of carbonyl (C=O) groups is 1. The van der Waals surface area contributed by atoms with Crippen LogP contribution >= 0.6 is 11.6 Å². The third-order valence-corrected chi connectivity index (χ3v) is 4.47. The van der Waals surface area contributed by atoms with Crippen LogP contribution in [0.5, 0.6) is 5.75 Å². The number of ether oxygens (including phenoxy) is 1. The molecule has 1 amide bonds. The average Bonchev–Trinajstić information content (AvgIpc) is 2.47. The fourth-order valence-electron chi connectivity index (χ4n) is 1.92. The van der Waals surface area contributed by atoms with Crippen molar-refractivity contribution in [1.29, 1.82) is 0 Å². The summed E-state index contributed by atoms with van der Waals surface area (Å²) in [5, 5.41) is 2.80. The number of hydrogen-bond donors (Lipinski definition) is 2. The molecule has 0 fully saturated rings. The lowest BCUT2D eigenvalue weighted by Gasteiger charge is -2.21. The lowest BCUT2D eigenvalue weighted by molar-refractivity contribution is -0.118. The van der Waals surface area contributed by atoms with Gasteiger partial charge in [0.2, 0.25) is 0 Å². The maximum atomic E-state index is 12.3. The molecular formula is C13H10ClN3O4S. The molecule has 7 nitrogen and oxygen atoms in total. The molecule has 2 aromatic rings. The standard InChI is InChI=1S/C13H10ClN3O4S/c14-11-5-4-8(6-15-11)22(19,20)17-10-3-1-2-9-13(10)21-7-12(18)16-9/h1-6,17H,7H2,(H,16,18). The number of pyridine rings is 1. The second-order valence-electron chi connectivity index (χ2n) is 4.44. The second kappa shape index (κ2) is 5.47. The van der Waals surface area contributed by atoms with Crippen molar-refractivity contribution in [2.75, 3.05) is 16.6 Å². The minimum atomic E-state index is -3.84. The summed E-state index contributed by atoms with van der Waals surface area (Å²) in [6.45, 7) is -0.172. The van der Waals surface area contributed by atoms with Crippen molar-refractivity contribution < 1.29 is 17.9 Å². The summed E-state index contributed by atoms with van der Waals surface area (Å²) in [6, 6.07) is 7.49. The van der Waals surface area contributed by atoms with Gasteiger partial charge in [0.1, 0.15) is 10.0 Å². The number of fused-ring (bicyclic) bond motifs is 1. The van der Waals surface area contributed by atoms with Gasteiger partial charge >= 0.3 is 0 Å². The van der Waals surface area contributed by atoms with Gasteiger partial charge in [0, 0.05) is 6.20 Å². The van der Waals surface area contributed by atoms with Crippen LogP contribution in [0.25, 0.3) is 0 Å². The van der Waals surface area contributed by atoms with Crippen LogP contribution < -0.4 is 14.8 Å². The van der Waals surface area contributed by atoms with Crippen molar-refractivity contribution in [3.63, 3.8) is 0 Å². The minimum Gasteiger partial charge on any atom is -0.479 e. The van der Waals surface area contributed by atoms with E-state index in [1.165, 1.54) is 18.2 Å². The number of nitrogens with zero attached hydrogens (tertiary/aromatic N) is 1. The van der Waals surface area contributed by atoms with Gasteiger partial charge in [-0.15, -0.1) is 0 Å². The normalized spacial score (nSPS) is 13.8. The molecule has 2 heterocycles. The third-order valence-electron chi connectivity index (χ3n) is 2.89. The molecule has 1 aliphatic rings. The molecule has 1 aromatic heterocycles. The van der Waals surface area contributed by atoms with Crippen molar-refractivity contribution in [2.45, 2.75) is 4.90 Å². The topological polar surface area (TPSA) is 97.4 Å². The van der Waals surface area contributed by atoms with Crippen molar-refractivity contribution >= 4 is 38.9 Å². The molecule has 0 saturated heterocycles. The number of halogens is 1. The lowest BCUT2D eigenvalue weighted by atomic mass is 10.2. The molecule has 0 saturated carbocycles. The van der Waals surface area contributed by atoms with Gasteiger partial charge in [-0.05, 0) is 24.3 Å². The molecular weight excluding hydrogens is 330 g/mol. The van der Waals surface area contributed by atoms with E-state index in [1.54, 1.807) is 12.1 Å². The van der Waals surface area contributed by atoms with E-state index in [0.29, 0.717) is 5.69 Å². The number of rotatable bonds is 3. The van der Waals surface area contributed by atoms with E-state index in [-0.39, 0.29) is 34.0 Å². The zero-order chi connectivity index (χ0) is 15.7. The number of amides is 1. The van der Waals surface area contributed by atoms with Gasteiger partial charge < -0.3 is 10.1 Å². The van der Waals surface area contributed by atoms with Crippen molar-refractivity contribution in [1.82, 2.24) is 4.98 Å². The summed E-state index contributed by atoms with van der Waals surface area (Å²) in [4.78, 5) is 15.0.